The summed E-state index contributed by atoms with van der Waals surface area (Å²) in [4.78, 5) is 15.1. The van der Waals surface area contributed by atoms with E-state index in [1.807, 2.05) is 43.5 Å². The smallest absolute Gasteiger partial charge is 0.251 e. The molecule has 1 aromatic carbocycles. The largest absolute Gasteiger partial charge is 0.361 e. The third-order valence-electron chi connectivity index (χ3n) is 3.15. The number of aromatic amines is 1. The minimum Gasteiger partial charge on any atom is -0.361 e. The molecule has 1 amide bonds. The van der Waals surface area contributed by atoms with Crippen molar-refractivity contribution in [2.75, 3.05) is 6.54 Å². The first kappa shape index (κ1) is 12.5. The Morgan fingerprint density at radius 1 is 1.35 bits per heavy atom. The molecule has 2 heterocycles. The maximum Gasteiger partial charge on any atom is 0.251 e. The van der Waals surface area contributed by atoms with Crippen molar-refractivity contribution in [3.8, 4) is 0 Å². The summed E-state index contributed by atoms with van der Waals surface area (Å²) >= 11 is 0. The van der Waals surface area contributed by atoms with E-state index in [1.54, 1.807) is 0 Å². The summed E-state index contributed by atoms with van der Waals surface area (Å²) in [5.41, 5.74) is 2.54. The second-order valence-electron chi connectivity index (χ2n) is 4.72. The summed E-state index contributed by atoms with van der Waals surface area (Å²) in [5.74, 6) is 0.702. The quantitative estimate of drug-likeness (QED) is 0.764. The van der Waals surface area contributed by atoms with E-state index >= 15 is 0 Å². The zero-order chi connectivity index (χ0) is 13.9. The van der Waals surface area contributed by atoms with Crippen molar-refractivity contribution in [3.63, 3.8) is 0 Å². The fourth-order valence-electron chi connectivity index (χ4n) is 2.13. The summed E-state index contributed by atoms with van der Waals surface area (Å²) in [7, 11) is 0. The van der Waals surface area contributed by atoms with E-state index in [2.05, 4.69) is 15.5 Å². The summed E-state index contributed by atoms with van der Waals surface area (Å²) in [6.45, 7) is 2.40. The number of fused-ring (bicyclic) bond motifs is 1. The molecule has 0 aliphatic heterocycles. The summed E-state index contributed by atoms with van der Waals surface area (Å²) in [6.07, 6.45) is 2.50. The van der Waals surface area contributed by atoms with Gasteiger partial charge in [-0.25, -0.2) is 0 Å². The predicted molar refractivity (Wildman–Crippen MR) is 75.6 cm³/mol. The molecule has 0 aliphatic carbocycles. The lowest BCUT2D eigenvalue weighted by atomic mass is 10.1. The van der Waals surface area contributed by atoms with Crippen LogP contribution in [0, 0.1) is 6.92 Å². The molecule has 0 atom stereocenters. The maximum absolute atomic E-state index is 12.0. The van der Waals surface area contributed by atoms with E-state index in [0.717, 1.165) is 22.4 Å². The molecule has 5 heteroatoms. The van der Waals surface area contributed by atoms with Gasteiger partial charge in [-0.3, -0.25) is 4.79 Å². The number of carbonyl (C=O) groups excluding carboxylic acids is 1. The van der Waals surface area contributed by atoms with E-state index in [9.17, 15) is 4.79 Å². The first-order valence-corrected chi connectivity index (χ1v) is 6.50. The van der Waals surface area contributed by atoms with Gasteiger partial charge in [0.15, 0.2) is 0 Å². The third kappa shape index (κ3) is 2.56. The lowest BCUT2D eigenvalue weighted by molar-refractivity contribution is 0.0953. The first-order valence-electron chi connectivity index (χ1n) is 6.50. The van der Waals surface area contributed by atoms with Gasteiger partial charge in [-0.1, -0.05) is 5.16 Å². The highest BCUT2D eigenvalue weighted by Gasteiger charge is 2.07. The van der Waals surface area contributed by atoms with Gasteiger partial charge in [-0.2, -0.15) is 0 Å². The Morgan fingerprint density at radius 3 is 3.05 bits per heavy atom. The summed E-state index contributed by atoms with van der Waals surface area (Å²) < 4.78 is 5.09. The highest BCUT2D eigenvalue weighted by Crippen LogP contribution is 2.14. The fourth-order valence-corrected chi connectivity index (χ4v) is 2.13. The molecule has 2 N–H and O–H groups in total. The van der Waals surface area contributed by atoms with Crippen LogP contribution in [0.15, 0.2) is 41.1 Å². The molecule has 3 rings (SSSR count). The van der Waals surface area contributed by atoms with Crippen LogP contribution in [0.4, 0.5) is 0 Å². The Labute approximate surface area is 116 Å². The van der Waals surface area contributed by atoms with Crippen LogP contribution in [0.5, 0.6) is 0 Å². The molecule has 0 unspecified atom stereocenters. The van der Waals surface area contributed by atoms with Gasteiger partial charge in [-0.05, 0) is 31.2 Å². The molecular weight excluding hydrogens is 254 g/mol. The van der Waals surface area contributed by atoms with Crippen molar-refractivity contribution in [1.29, 1.82) is 0 Å². The standard InChI is InChI=1S/C15H15N3O2/c1-10-8-13(20-18-10)5-7-17-15(19)12-2-3-14-11(9-12)4-6-16-14/h2-4,6,8-9,16H,5,7H2,1H3,(H,17,19). The number of H-pyrrole nitrogens is 1. The molecular formula is C15H15N3O2. The zero-order valence-electron chi connectivity index (χ0n) is 11.1. The van der Waals surface area contributed by atoms with Crippen LogP contribution in [-0.4, -0.2) is 22.6 Å². The maximum atomic E-state index is 12.0. The van der Waals surface area contributed by atoms with E-state index in [4.69, 9.17) is 4.52 Å². The van der Waals surface area contributed by atoms with Crippen molar-refractivity contribution >= 4 is 16.8 Å². The average molecular weight is 269 g/mol. The van der Waals surface area contributed by atoms with Gasteiger partial charge in [-0.15, -0.1) is 0 Å². The van der Waals surface area contributed by atoms with Gasteiger partial charge in [0.1, 0.15) is 5.76 Å². The van der Waals surface area contributed by atoms with Gasteiger partial charge < -0.3 is 14.8 Å². The van der Waals surface area contributed by atoms with E-state index in [-0.39, 0.29) is 5.91 Å². The Hall–Kier alpha value is -2.56. The van der Waals surface area contributed by atoms with E-state index in [0.29, 0.717) is 18.5 Å². The van der Waals surface area contributed by atoms with Crippen LogP contribution < -0.4 is 5.32 Å². The normalized spacial score (nSPS) is 10.8. The molecule has 0 bridgehead atoms. The molecule has 0 fully saturated rings. The Morgan fingerprint density at radius 2 is 2.25 bits per heavy atom. The molecule has 0 saturated carbocycles. The van der Waals surface area contributed by atoms with Gasteiger partial charge in [0.25, 0.3) is 5.91 Å². The highest BCUT2D eigenvalue weighted by molar-refractivity contribution is 5.98. The highest BCUT2D eigenvalue weighted by atomic mass is 16.5. The topological polar surface area (TPSA) is 70.9 Å². The number of nitrogens with zero attached hydrogens (tertiary/aromatic N) is 1. The Balaban J connectivity index is 1.61. The number of amides is 1. The van der Waals surface area contributed by atoms with Crippen LogP contribution in [0.2, 0.25) is 0 Å². The predicted octanol–water partition coefficient (Wildman–Crippen LogP) is 2.44. The average Bonchev–Trinajstić information content (AvgIpc) is 3.06. The SMILES string of the molecule is Cc1cc(CCNC(=O)c2ccc3[nH]ccc3c2)on1. The van der Waals surface area contributed by atoms with Gasteiger partial charge in [0.2, 0.25) is 0 Å². The molecule has 5 nitrogen and oxygen atoms in total. The summed E-state index contributed by atoms with van der Waals surface area (Å²) in [6, 6.07) is 9.41. The van der Waals surface area contributed by atoms with Crippen molar-refractivity contribution in [2.24, 2.45) is 0 Å². The third-order valence-corrected chi connectivity index (χ3v) is 3.15. The Bertz CT molecular complexity index is 742. The van der Waals surface area contributed by atoms with Crippen LogP contribution >= 0.6 is 0 Å². The molecule has 0 spiro atoms. The molecule has 3 aromatic rings. The van der Waals surface area contributed by atoms with Gasteiger partial charge in [0.05, 0.1) is 5.69 Å². The lowest BCUT2D eigenvalue weighted by Crippen LogP contribution is -2.25. The van der Waals surface area contributed by atoms with Crippen LogP contribution in [0.25, 0.3) is 10.9 Å². The number of aryl methyl sites for hydroxylation is 1. The number of hydrogen-bond donors (Lipinski definition) is 2. The van der Waals surface area contributed by atoms with Crippen molar-refractivity contribution < 1.29 is 9.32 Å². The number of nitrogens with one attached hydrogen (secondary N) is 2. The van der Waals surface area contributed by atoms with Crippen molar-refractivity contribution in [1.82, 2.24) is 15.5 Å². The monoisotopic (exact) mass is 269 g/mol. The fraction of sp³-hybridized carbons (Fsp3) is 0.200. The van der Waals surface area contributed by atoms with E-state index in [1.165, 1.54) is 0 Å². The molecule has 0 radical (unpaired) electrons. The second-order valence-corrected chi connectivity index (χ2v) is 4.72. The van der Waals surface area contributed by atoms with E-state index < -0.39 is 0 Å². The minimum atomic E-state index is -0.0793. The Kier molecular flexibility index (Phi) is 3.25. The van der Waals surface area contributed by atoms with Crippen LogP contribution in [0.1, 0.15) is 21.8 Å². The van der Waals surface area contributed by atoms with Gasteiger partial charge in [0, 0.05) is 41.7 Å². The number of carbonyl (C=O) groups is 1. The van der Waals surface area contributed by atoms with Crippen molar-refractivity contribution in [3.05, 3.63) is 53.5 Å². The summed E-state index contributed by atoms with van der Waals surface area (Å²) in [5, 5.41) is 7.72. The molecule has 0 aliphatic rings. The number of rotatable bonds is 4. The number of hydrogen-bond acceptors (Lipinski definition) is 3. The molecule has 102 valence electrons. The zero-order valence-corrected chi connectivity index (χ0v) is 11.1. The minimum absolute atomic E-state index is 0.0793. The second kappa shape index (κ2) is 5.21. The first-order chi connectivity index (χ1) is 9.72. The van der Waals surface area contributed by atoms with Crippen LogP contribution in [-0.2, 0) is 6.42 Å². The number of aromatic nitrogens is 2. The molecule has 20 heavy (non-hydrogen) atoms. The molecule has 2 aromatic heterocycles. The van der Waals surface area contributed by atoms with Crippen LogP contribution in [0.3, 0.4) is 0 Å². The molecule has 0 saturated heterocycles. The van der Waals surface area contributed by atoms with Crippen molar-refractivity contribution in [2.45, 2.75) is 13.3 Å². The van der Waals surface area contributed by atoms with Gasteiger partial charge >= 0.3 is 0 Å². The number of benzene rings is 1. The lowest BCUT2D eigenvalue weighted by Gasteiger charge is -2.04.